The summed E-state index contributed by atoms with van der Waals surface area (Å²) in [4.78, 5) is 79.4. The maximum Gasteiger partial charge on any atom is 0.338 e. The molecule has 1 aromatic carbocycles. The van der Waals surface area contributed by atoms with Gasteiger partial charge in [-0.1, -0.05) is 31.2 Å². The normalized spacial score (nSPS) is 37.1. The molecule has 1 aromatic rings. The van der Waals surface area contributed by atoms with Gasteiger partial charge >= 0.3 is 29.8 Å². The molecule has 2 bridgehead atoms. The molecule has 254 valence electrons. The Morgan fingerprint density at radius 3 is 2.11 bits per heavy atom. The lowest BCUT2D eigenvalue weighted by atomic mass is 9.54. The molecule has 0 N–H and O–H groups in total. The van der Waals surface area contributed by atoms with Gasteiger partial charge in [0.05, 0.1) is 18.1 Å². The first kappa shape index (κ1) is 34.3. The van der Waals surface area contributed by atoms with Crippen LogP contribution in [0, 0.1) is 29.1 Å². The molecule has 3 aliphatic carbocycles. The van der Waals surface area contributed by atoms with Crippen molar-refractivity contribution in [3.8, 4) is 0 Å². The maximum absolute atomic E-state index is 14.5. The van der Waals surface area contributed by atoms with Crippen molar-refractivity contribution in [3.63, 3.8) is 0 Å². The van der Waals surface area contributed by atoms with Crippen LogP contribution in [0.15, 0.2) is 42.5 Å². The molecular formula is C35H42O12. The van der Waals surface area contributed by atoms with Crippen LogP contribution < -0.4 is 0 Å². The van der Waals surface area contributed by atoms with Crippen molar-refractivity contribution in [2.75, 3.05) is 6.61 Å². The molecule has 0 unspecified atom stereocenters. The Kier molecular flexibility index (Phi) is 8.66. The molecule has 3 fully saturated rings. The number of fused-ring (bicyclic) bond motifs is 1. The predicted octanol–water partition coefficient (Wildman–Crippen LogP) is 3.54. The van der Waals surface area contributed by atoms with Gasteiger partial charge in [0.15, 0.2) is 17.5 Å². The number of benzene rings is 1. The Labute approximate surface area is 273 Å². The maximum atomic E-state index is 14.5. The number of carbonyl (C=O) groups excluding carboxylic acids is 6. The molecule has 1 aliphatic heterocycles. The Morgan fingerprint density at radius 1 is 0.894 bits per heavy atom. The van der Waals surface area contributed by atoms with E-state index in [1.165, 1.54) is 33.8 Å². The van der Waals surface area contributed by atoms with Crippen molar-refractivity contribution in [2.24, 2.45) is 29.1 Å². The minimum atomic E-state index is -1.80. The first-order valence-corrected chi connectivity index (χ1v) is 15.8. The zero-order valence-corrected chi connectivity index (χ0v) is 27.9. The van der Waals surface area contributed by atoms with Crippen LogP contribution >= 0.6 is 0 Å². The van der Waals surface area contributed by atoms with Crippen LogP contribution in [-0.2, 0) is 52.4 Å². The van der Waals surface area contributed by atoms with E-state index in [9.17, 15) is 28.8 Å². The topological polar surface area (TPSA) is 158 Å². The fraction of sp³-hybridized carbons (Fsp3) is 0.600. The van der Waals surface area contributed by atoms with E-state index in [1.54, 1.807) is 64.1 Å². The number of allylic oxidation sites excluding steroid dienone is 1. The Morgan fingerprint density at radius 2 is 1.53 bits per heavy atom. The minimum absolute atomic E-state index is 0.00106. The van der Waals surface area contributed by atoms with Gasteiger partial charge in [-0.3, -0.25) is 24.0 Å². The van der Waals surface area contributed by atoms with Crippen LogP contribution in [-0.4, -0.2) is 77.4 Å². The average Bonchev–Trinajstić information content (AvgIpc) is 3.40. The van der Waals surface area contributed by atoms with Gasteiger partial charge in [0.25, 0.3) is 0 Å². The molecule has 4 aliphatic rings. The number of esters is 5. The van der Waals surface area contributed by atoms with Gasteiger partial charge in [-0.25, -0.2) is 4.79 Å². The number of rotatable bonds is 7. The summed E-state index contributed by atoms with van der Waals surface area (Å²) in [7, 11) is 0. The van der Waals surface area contributed by atoms with E-state index in [2.05, 4.69) is 0 Å². The van der Waals surface area contributed by atoms with Crippen LogP contribution in [0.2, 0.25) is 0 Å². The number of hydrogen-bond donors (Lipinski definition) is 0. The van der Waals surface area contributed by atoms with Crippen molar-refractivity contribution in [1.29, 1.82) is 0 Å². The third-order valence-corrected chi connectivity index (χ3v) is 10.4. The summed E-state index contributed by atoms with van der Waals surface area (Å²) < 4.78 is 37.1. The van der Waals surface area contributed by atoms with Crippen molar-refractivity contribution < 1.29 is 57.2 Å². The summed E-state index contributed by atoms with van der Waals surface area (Å²) >= 11 is 0. The SMILES string of the molecule is CC(=O)O[C@@H]1[C@H]2[C@@H](OC(=O)c3ccccc3)[C@@H](C)C[C@]2(OC(C)=O)[C@@H](OC(C)=O)[C@]2(C)OC[C@]13C(=O)C=C[C@H](C(C)(C)OC(C)=O)[C@@H]23. The Balaban J connectivity index is 1.83. The number of ether oxygens (including phenoxy) is 6. The lowest BCUT2D eigenvalue weighted by Crippen LogP contribution is -2.64. The highest BCUT2D eigenvalue weighted by molar-refractivity contribution is 5.98. The molecule has 12 heteroatoms. The van der Waals surface area contributed by atoms with Crippen LogP contribution in [0.5, 0.6) is 0 Å². The zero-order valence-electron chi connectivity index (χ0n) is 27.9. The molecule has 5 rings (SSSR count). The van der Waals surface area contributed by atoms with E-state index >= 15 is 0 Å². The van der Waals surface area contributed by atoms with Crippen LogP contribution in [0.1, 0.15) is 72.2 Å². The summed E-state index contributed by atoms with van der Waals surface area (Å²) in [5, 5.41) is 0. The molecular weight excluding hydrogens is 612 g/mol. The molecule has 0 amide bonds. The van der Waals surface area contributed by atoms with Gasteiger partial charge in [-0.2, -0.15) is 0 Å². The van der Waals surface area contributed by atoms with E-state index in [1.807, 2.05) is 0 Å². The van der Waals surface area contributed by atoms with E-state index in [-0.39, 0.29) is 18.6 Å². The van der Waals surface area contributed by atoms with Crippen LogP contribution in [0.25, 0.3) is 0 Å². The molecule has 12 nitrogen and oxygen atoms in total. The second-order valence-electron chi connectivity index (χ2n) is 13.9. The Bertz CT molecular complexity index is 1520. The number of ketones is 1. The van der Waals surface area contributed by atoms with Crippen molar-refractivity contribution in [2.45, 2.75) is 96.9 Å². The highest BCUT2D eigenvalue weighted by Gasteiger charge is 2.82. The number of carbonyl (C=O) groups is 6. The summed E-state index contributed by atoms with van der Waals surface area (Å²) in [6, 6.07) is 8.28. The highest BCUT2D eigenvalue weighted by Crippen LogP contribution is 2.68. The second kappa shape index (κ2) is 11.9. The van der Waals surface area contributed by atoms with Gasteiger partial charge in [0, 0.05) is 39.5 Å². The average molecular weight is 655 g/mol. The fourth-order valence-electron chi connectivity index (χ4n) is 9.06. The van der Waals surface area contributed by atoms with Crippen LogP contribution in [0.3, 0.4) is 0 Å². The first-order chi connectivity index (χ1) is 21.9. The van der Waals surface area contributed by atoms with Gasteiger partial charge in [-0.05, 0) is 51.3 Å². The Hall–Kier alpha value is -4.06. The second-order valence-corrected chi connectivity index (χ2v) is 13.9. The van der Waals surface area contributed by atoms with E-state index < -0.39 is 99.8 Å². The summed E-state index contributed by atoms with van der Waals surface area (Å²) in [5.74, 6) is -7.32. The van der Waals surface area contributed by atoms with Gasteiger partial charge < -0.3 is 28.4 Å². The zero-order chi connectivity index (χ0) is 34.7. The summed E-state index contributed by atoms with van der Waals surface area (Å²) in [5.41, 5.74) is -6.02. The molecule has 0 spiro atoms. The molecule has 2 saturated carbocycles. The molecule has 1 saturated heterocycles. The smallest absolute Gasteiger partial charge is 0.338 e. The highest BCUT2D eigenvalue weighted by atomic mass is 16.6. The molecule has 0 radical (unpaired) electrons. The largest absolute Gasteiger partial charge is 0.461 e. The predicted molar refractivity (Wildman–Crippen MR) is 162 cm³/mol. The number of hydrogen-bond acceptors (Lipinski definition) is 12. The van der Waals surface area contributed by atoms with Crippen molar-refractivity contribution in [3.05, 3.63) is 48.0 Å². The monoisotopic (exact) mass is 654 g/mol. The van der Waals surface area contributed by atoms with Crippen molar-refractivity contribution >= 4 is 35.6 Å². The standard InChI is InChI=1S/C35H42O12/c1-18-16-35(47-22(5)39)26(27(18)45-30(41)23-12-10-9-11-13-23)29(43-19(2)36)34-17-42-33(8,31(35)44-20(3)37)28(34)24(14-15-25(34)40)32(6,7)46-21(4)38/h9-15,18,24,26-29,31H,16-17H2,1-8H3/t18-,24-,26+,27-,28-,29+,31-,33+,34+,35+/m0/s1. The lowest BCUT2D eigenvalue weighted by molar-refractivity contribution is -0.243. The lowest BCUT2D eigenvalue weighted by Gasteiger charge is -2.50. The van der Waals surface area contributed by atoms with Crippen molar-refractivity contribution in [1.82, 2.24) is 0 Å². The fourth-order valence-corrected chi connectivity index (χ4v) is 9.06. The van der Waals surface area contributed by atoms with E-state index in [0.717, 1.165) is 0 Å². The van der Waals surface area contributed by atoms with Gasteiger partial charge in [-0.15, -0.1) is 0 Å². The summed E-state index contributed by atoms with van der Waals surface area (Å²) in [6.45, 7) is 11.4. The van der Waals surface area contributed by atoms with E-state index in [4.69, 9.17) is 28.4 Å². The molecule has 10 atom stereocenters. The summed E-state index contributed by atoms with van der Waals surface area (Å²) in [6.07, 6.45) is -0.875. The first-order valence-electron chi connectivity index (χ1n) is 15.8. The molecule has 1 heterocycles. The third kappa shape index (κ3) is 5.44. The van der Waals surface area contributed by atoms with Gasteiger partial charge in [0.2, 0.25) is 0 Å². The van der Waals surface area contributed by atoms with Crippen LogP contribution in [0.4, 0.5) is 0 Å². The molecule has 47 heavy (non-hydrogen) atoms. The minimum Gasteiger partial charge on any atom is -0.461 e. The molecule has 0 aromatic heterocycles. The van der Waals surface area contributed by atoms with Gasteiger partial charge in [0.1, 0.15) is 28.8 Å². The third-order valence-electron chi connectivity index (χ3n) is 10.4. The van der Waals surface area contributed by atoms with E-state index in [0.29, 0.717) is 0 Å². The quantitative estimate of drug-likeness (QED) is 0.312.